The summed E-state index contributed by atoms with van der Waals surface area (Å²) in [6, 6.07) is 0. The van der Waals surface area contributed by atoms with Crippen LogP contribution in [-0.2, 0) is 18.6 Å². The molecule has 1 heterocycles. The summed E-state index contributed by atoms with van der Waals surface area (Å²) in [5.74, 6) is 0. The number of ether oxygens (including phenoxy) is 2. The van der Waals surface area contributed by atoms with E-state index in [0.29, 0.717) is 6.61 Å². The highest BCUT2D eigenvalue weighted by atomic mass is 31.2. The standard InChI is InChI=1S/C21H41O6P/c1-2-3-4-5-6-7-8-9-10-11-12-13-14-15-16-17-21-25-18-20(27-21)19-26-28(22,23)24/h8-9,20-21H,2-7,10-19H2,1H3,(H2,22,23,24)/b9-8+/t20-,21+/m0/s1. The van der Waals surface area contributed by atoms with Gasteiger partial charge in [0.2, 0.25) is 0 Å². The highest BCUT2D eigenvalue weighted by Crippen LogP contribution is 2.36. The molecular formula is C21H41O6P. The summed E-state index contributed by atoms with van der Waals surface area (Å²) in [7, 11) is -4.43. The zero-order valence-corrected chi connectivity index (χ0v) is 18.5. The van der Waals surface area contributed by atoms with Gasteiger partial charge >= 0.3 is 7.82 Å². The molecule has 0 bridgehead atoms. The van der Waals surface area contributed by atoms with Gasteiger partial charge in [-0.05, 0) is 38.5 Å². The van der Waals surface area contributed by atoms with E-state index in [9.17, 15) is 4.57 Å². The quantitative estimate of drug-likeness (QED) is 0.164. The molecule has 1 fully saturated rings. The van der Waals surface area contributed by atoms with Crippen molar-refractivity contribution in [3.63, 3.8) is 0 Å². The van der Waals surface area contributed by atoms with E-state index in [-0.39, 0.29) is 19.0 Å². The van der Waals surface area contributed by atoms with Gasteiger partial charge in [-0.25, -0.2) is 4.57 Å². The first-order valence-electron chi connectivity index (χ1n) is 11.1. The number of phosphoric ester groups is 1. The zero-order chi connectivity index (χ0) is 20.5. The van der Waals surface area contributed by atoms with Crippen LogP contribution in [0.1, 0.15) is 96.8 Å². The third kappa shape index (κ3) is 15.7. The molecule has 0 aromatic rings. The normalized spacial score (nSPS) is 20.4. The average Bonchev–Trinajstić information content (AvgIpc) is 3.10. The number of hydrogen-bond acceptors (Lipinski definition) is 4. The molecule has 2 N–H and O–H groups in total. The van der Waals surface area contributed by atoms with Gasteiger partial charge in [0.15, 0.2) is 6.29 Å². The summed E-state index contributed by atoms with van der Waals surface area (Å²) < 4.78 is 26.2. The summed E-state index contributed by atoms with van der Waals surface area (Å²) in [6.45, 7) is 2.45. The molecule has 0 amide bonds. The Hall–Kier alpha value is -0.230. The van der Waals surface area contributed by atoms with Gasteiger partial charge in [0.25, 0.3) is 0 Å². The fraction of sp³-hybridized carbons (Fsp3) is 0.905. The van der Waals surface area contributed by atoms with Gasteiger partial charge in [-0.2, -0.15) is 0 Å². The molecule has 2 atom stereocenters. The third-order valence-corrected chi connectivity index (χ3v) is 5.43. The van der Waals surface area contributed by atoms with Crippen molar-refractivity contribution in [2.45, 2.75) is 109 Å². The summed E-state index contributed by atoms with van der Waals surface area (Å²) in [5.41, 5.74) is 0. The third-order valence-electron chi connectivity index (χ3n) is 4.94. The molecule has 0 aliphatic carbocycles. The summed E-state index contributed by atoms with van der Waals surface area (Å²) >= 11 is 0. The van der Waals surface area contributed by atoms with Gasteiger partial charge < -0.3 is 19.3 Å². The first kappa shape index (κ1) is 25.8. The lowest BCUT2D eigenvalue weighted by Crippen LogP contribution is -2.18. The molecule has 28 heavy (non-hydrogen) atoms. The molecule has 166 valence electrons. The van der Waals surface area contributed by atoms with Crippen molar-refractivity contribution >= 4 is 7.82 Å². The Labute approximate surface area is 171 Å². The van der Waals surface area contributed by atoms with Crippen LogP contribution in [0.15, 0.2) is 12.2 Å². The van der Waals surface area contributed by atoms with Crippen LogP contribution >= 0.6 is 7.82 Å². The molecule has 6 nitrogen and oxygen atoms in total. The Morgan fingerprint density at radius 3 is 2.11 bits per heavy atom. The Bertz CT molecular complexity index is 437. The first-order chi connectivity index (χ1) is 13.5. The molecule has 0 aromatic heterocycles. The van der Waals surface area contributed by atoms with E-state index in [1.807, 2.05) is 0 Å². The zero-order valence-electron chi connectivity index (χ0n) is 17.6. The minimum atomic E-state index is -4.43. The summed E-state index contributed by atoms with van der Waals surface area (Å²) in [5, 5.41) is 0. The Morgan fingerprint density at radius 1 is 0.929 bits per heavy atom. The van der Waals surface area contributed by atoms with Crippen LogP contribution in [0.5, 0.6) is 0 Å². The molecular weight excluding hydrogens is 379 g/mol. The van der Waals surface area contributed by atoms with Crippen LogP contribution in [0.4, 0.5) is 0 Å². The van der Waals surface area contributed by atoms with Crippen LogP contribution in [-0.4, -0.2) is 35.4 Å². The first-order valence-corrected chi connectivity index (χ1v) is 12.7. The van der Waals surface area contributed by atoms with Gasteiger partial charge in [0.1, 0.15) is 6.10 Å². The molecule has 0 saturated carbocycles. The Morgan fingerprint density at radius 2 is 1.50 bits per heavy atom. The van der Waals surface area contributed by atoms with E-state index >= 15 is 0 Å². The number of hydrogen-bond donors (Lipinski definition) is 2. The van der Waals surface area contributed by atoms with Gasteiger partial charge in [0.05, 0.1) is 13.2 Å². The molecule has 1 aliphatic heterocycles. The number of unbranched alkanes of at least 4 members (excludes halogenated alkanes) is 11. The van der Waals surface area contributed by atoms with Gasteiger partial charge in [-0.1, -0.05) is 70.4 Å². The predicted octanol–water partition coefficient (Wildman–Crippen LogP) is 5.87. The largest absolute Gasteiger partial charge is 0.469 e. The van der Waals surface area contributed by atoms with Crippen molar-refractivity contribution in [1.82, 2.24) is 0 Å². The lowest BCUT2D eigenvalue weighted by atomic mass is 10.1. The fourth-order valence-electron chi connectivity index (χ4n) is 3.31. The molecule has 0 aromatic carbocycles. The van der Waals surface area contributed by atoms with Crippen LogP contribution in [0.25, 0.3) is 0 Å². The van der Waals surface area contributed by atoms with Crippen LogP contribution < -0.4 is 0 Å². The Balaban J connectivity index is 1.83. The number of allylic oxidation sites excluding steroid dienone is 2. The maximum absolute atomic E-state index is 10.7. The smallest absolute Gasteiger partial charge is 0.350 e. The van der Waals surface area contributed by atoms with E-state index < -0.39 is 7.82 Å². The topological polar surface area (TPSA) is 85.2 Å². The number of phosphoric acid groups is 1. The lowest BCUT2D eigenvalue weighted by Gasteiger charge is -2.12. The molecule has 1 rings (SSSR count). The molecule has 1 saturated heterocycles. The predicted molar refractivity (Wildman–Crippen MR) is 112 cm³/mol. The van der Waals surface area contributed by atoms with Crippen molar-refractivity contribution in [3.05, 3.63) is 12.2 Å². The lowest BCUT2D eigenvalue weighted by molar-refractivity contribution is -0.0698. The fourth-order valence-corrected chi connectivity index (χ4v) is 3.67. The monoisotopic (exact) mass is 420 g/mol. The van der Waals surface area contributed by atoms with Crippen molar-refractivity contribution in [1.29, 1.82) is 0 Å². The van der Waals surface area contributed by atoms with E-state index in [2.05, 4.69) is 23.6 Å². The van der Waals surface area contributed by atoms with Crippen molar-refractivity contribution < 1.29 is 28.3 Å². The van der Waals surface area contributed by atoms with E-state index in [1.165, 1.54) is 77.0 Å². The maximum Gasteiger partial charge on any atom is 0.469 e. The number of rotatable bonds is 18. The van der Waals surface area contributed by atoms with Crippen LogP contribution in [0, 0.1) is 0 Å². The molecule has 1 aliphatic rings. The second-order valence-electron chi connectivity index (χ2n) is 7.68. The van der Waals surface area contributed by atoms with E-state index in [0.717, 1.165) is 12.8 Å². The van der Waals surface area contributed by atoms with Crippen LogP contribution in [0.2, 0.25) is 0 Å². The minimum Gasteiger partial charge on any atom is -0.350 e. The SMILES string of the molecule is CCCCCCC/C=C/CCCCCCCC[C@@H]1OC[C@@H](COP(=O)(O)O)O1. The minimum absolute atomic E-state index is 0.131. The van der Waals surface area contributed by atoms with Gasteiger partial charge in [-0.3, -0.25) is 4.52 Å². The van der Waals surface area contributed by atoms with E-state index in [1.54, 1.807) is 0 Å². The molecule has 7 heteroatoms. The van der Waals surface area contributed by atoms with Crippen molar-refractivity contribution in [2.75, 3.05) is 13.2 Å². The second kappa shape index (κ2) is 16.6. The van der Waals surface area contributed by atoms with Crippen LogP contribution in [0.3, 0.4) is 0 Å². The molecule has 0 radical (unpaired) electrons. The van der Waals surface area contributed by atoms with E-state index in [4.69, 9.17) is 19.3 Å². The summed E-state index contributed by atoms with van der Waals surface area (Å²) in [6.07, 6.45) is 21.4. The van der Waals surface area contributed by atoms with Gasteiger partial charge in [0, 0.05) is 0 Å². The summed E-state index contributed by atoms with van der Waals surface area (Å²) in [4.78, 5) is 17.4. The average molecular weight is 421 g/mol. The Kier molecular flexibility index (Phi) is 15.3. The van der Waals surface area contributed by atoms with Crippen molar-refractivity contribution in [3.8, 4) is 0 Å². The highest BCUT2D eigenvalue weighted by molar-refractivity contribution is 7.46. The molecule has 0 unspecified atom stereocenters. The second-order valence-corrected chi connectivity index (χ2v) is 8.92. The van der Waals surface area contributed by atoms with Crippen molar-refractivity contribution in [2.24, 2.45) is 0 Å². The maximum atomic E-state index is 10.7. The molecule has 0 spiro atoms. The van der Waals surface area contributed by atoms with Gasteiger partial charge in [-0.15, -0.1) is 0 Å². The highest BCUT2D eigenvalue weighted by Gasteiger charge is 2.28.